The molecule has 0 N–H and O–H groups in total. The predicted molar refractivity (Wildman–Crippen MR) is 60.4 cm³/mol. The molecule has 0 aliphatic heterocycles. The quantitative estimate of drug-likeness (QED) is 0.593. The van der Waals surface area contributed by atoms with Gasteiger partial charge in [-0.2, -0.15) is 8.78 Å². The van der Waals surface area contributed by atoms with E-state index in [0.717, 1.165) is 0 Å². The fourth-order valence-electron chi connectivity index (χ4n) is 1.37. The highest BCUT2D eigenvalue weighted by Crippen LogP contribution is 2.45. The largest absolute Gasteiger partial charge is 0.496 e. The predicted octanol–water partition coefficient (Wildman–Crippen LogP) is 4.34. The number of hydrogen-bond acceptors (Lipinski definition) is 1. The van der Waals surface area contributed by atoms with Crippen molar-refractivity contribution in [1.82, 2.24) is 0 Å². The van der Waals surface area contributed by atoms with Gasteiger partial charge in [-0.15, -0.1) is 0 Å². The van der Waals surface area contributed by atoms with Crippen molar-refractivity contribution in [2.24, 2.45) is 0 Å². The molecule has 1 aromatic carbocycles. The summed E-state index contributed by atoms with van der Waals surface area (Å²) in [6.07, 6.45) is -3.74. The smallest absolute Gasteiger partial charge is 0.323 e. The summed E-state index contributed by atoms with van der Waals surface area (Å²) < 4.78 is 55.9. The molecule has 17 heavy (non-hydrogen) atoms. The Bertz CT molecular complexity index is 395. The van der Waals surface area contributed by atoms with Gasteiger partial charge in [-0.05, 0) is 13.0 Å². The van der Waals surface area contributed by atoms with E-state index in [2.05, 4.69) is 15.9 Å². The molecule has 1 nitrogen and oxygen atoms in total. The summed E-state index contributed by atoms with van der Waals surface area (Å²) >= 11 is 2.62. The van der Waals surface area contributed by atoms with Crippen molar-refractivity contribution in [2.75, 3.05) is 7.11 Å². The number of benzene rings is 1. The second-order valence-corrected chi connectivity index (χ2v) is 4.50. The topological polar surface area (TPSA) is 9.23 Å². The maximum Gasteiger partial charge on any atom is 0.323 e. The van der Waals surface area contributed by atoms with Crippen molar-refractivity contribution in [2.45, 2.75) is 24.1 Å². The summed E-state index contributed by atoms with van der Waals surface area (Å²) in [7, 11) is 1.30. The summed E-state index contributed by atoms with van der Waals surface area (Å²) in [6, 6.07) is 4.53. The number of rotatable bonds is 4. The molecule has 0 aliphatic rings. The zero-order chi connectivity index (χ0) is 13.2. The molecule has 0 saturated carbocycles. The van der Waals surface area contributed by atoms with Gasteiger partial charge in [0.2, 0.25) is 0 Å². The molecule has 6 heteroatoms. The lowest BCUT2D eigenvalue weighted by atomic mass is 10.0. The molecular weight excluding hydrogens is 304 g/mol. The van der Waals surface area contributed by atoms with Crippen LogP contribution in [0.25, 0.3) is 0 Å². The molecule has 0 bridgehead atoms. The fraction of sp³-hybridized carbons (Fsp3) is 0.455. The number of halogens is 5. The first-order chi connectivity index (χ1) is 7.80. The van der Waals surface area contributed by atoms with Gasteiger partial charge in [0.25, 0.3) is 0 Å². The van der Waals surface area contributed by atoms with Crippen LogP contribution >= 0.6 is 15.9 Å². The highest BCUT2D eigenvalue weighted by atomic mass is 79.9. The molecule has 0 fully saturated rings. The summed E-state index contributed by atoms with van der Waals surface area (Å²) in [5, 5.41) is 0. The van der Waals surface area contributed by atoms with Gasteiger partial charge in [-0.1, -0.05) is 33.6 Å². The first-order valence-electron chi connectivity index (χ1n) is 4.75. The van der Waals surface area contributed by atoms with E-state index in [-0.39, 0.29) is 11.3 Å². The van der Waals surface area contributed by atoms with Crippen LogP contribution in [0.2, 0.25) is 0 Å². The van der Waals surface area contributed by atoms with Crippen LogP contribution in [-0.2, 0) is 0 Å². The molecule has 96 valence electrons. The zero-order valence-corrected chi connectivity index (χ0v) is 10.8. The third-order valence-corrected chi connectivity index (χ3v) is 3.39. The summed E-state index contributed by atoms with van der Waals surface area (Å²) in [5.74, 6) is -4.00. The molecule has 0 amide bonds. The fourth-order valence-corrected chi connectivity index (χ4v) is 1.93. The first kappa shape index (κ1) is 14.3. The average molecular weight is 315 g/mol. The Hall–Kier alpha value is -0.780. The van der Waals surface area contributed by atoms with Crippen LogP contribution in [-0.4, -0.2) is 19.5 Å². The van der Waals surface area contributed by atoms with Gasteiger partial charge in [0, 0.05) is 5.56 Å². The third kappa shape index (κ3) is 2.91. The Morgan fingerprint density at radius 2 is 1.88 bits per heavy atom. The minimum atomic E-state index is -4.15. The van der Waals surface area contributed by atoms with E-state index in [9.17, 15) is 17.6 Å². The van der Waals surface area contributed by atoms with Crippen molar-refractivity contribution in [3.8, 4) is 5.75 Å². The normalized spacial score (nSPS) is 13.9. The van der Waals surface area contributed by atoms with Crippen molar-refractivity contribution >= 4 is 15.9 Å². The zero-order valence-electron chi connectivity index (χ0n) is 9.18. The molecule has 0 radical (unpaired) electrons. The van der Waals surface area contributed by atoms with E-state index in [1.54, 1.807) is 13.0 Å². The molecule has 1 rings (SSSR count). The maximum absolute atomic E-state index is 13.2. The van der Waals surface area contributed by atoms with Crippen molar-refractivity contribution in [1.29, 1.82) is 0 Å². The van der Waals surface area contributed by atoms with Crippen molar-refractivity contribution in [3.05, 3.63) is 29.3 Å². The maximum atomic E-state index is 13.2. The van der Waals surface area contributed by atoms with E-state index in [1.807, 2.05) is 0 Å². The molecule has 1 atom stereocenters. The molecule has 0 spiro atoms. The Kier molecular flexibility index (Phi) is 4.41. The van der Waals surface area contributed by atoms with Gasteiger partial charge in [0.1, 0.15) is 10.6 Å². The molecular formula is C11H11BrF4O. The highest BCUT2D eigenvalue weighted by molar-refractivity contribution is 9.09. The molecule has 1 aromatic rings. The van der Waals surface area contributed by atoms with Gasteiger partial charge < -0.3 is 4.74 Å². The van der Waals surface area contributed by atoms with Crippen LogP contribution in [0.4, 0.5) is 17.6 Å². The first-order valence-corrected chi connectivity index (χ1v) is 5.66. The molecule has 0 aromatic heterocycles. The lowest BCUT2D eigenvalue weighted by molar-refractivity contribution is -0.128. The number of alkyl halides is 5. The van der Waals surface area contributed by atoms with Crippen molar-refractivity contribution < 1.29 is 22.3 Å². The molecule has 1 unspecified atom stereocenters. The summed E-state index contributed by atoms with van der Waals surface area (Å²) in [5.41, 5.74) is 0.702. The van der Waals surface area contributed by atoms with Crippen LogP contribution in [0, 0.1) is 6.92 Å². The number of hydrogen-bond donors (Lipinski definition) is 0. The molecule has 0 saturated heterocycles. The summed E-state index contributed by atoms with van der Waals surface area (Å²) in [4.78, 5) is -1.79. The third-order valence-electron chi connectivity index (χ3n) is 2.29. The minimum absolute atomic E-state index is 0.0119. The van der Waals surface area contributed by atoms with Gasteiger partial charge in [0.15, 0.2) is 0 Å². The highest BCUT2D eigenvalue weighted by Gasteiger charge is 2.49. The second kappa shape index (κ2) is 5.25. The lowest BCUT2D eigenvalue weighted by Crippen LogP contribution is -2.31. The molecule has 0 heterocycles. The van der Waals surface area contributed by atoms with Crippen LogP contribution < -0.4 is 4.74 Å². The van der Waals surface area contributed by atoms with E-state index in [0.29, 0.717) is 5.56 Å². The van der Waals surface area contributed by atoms with E-state index in [1.165, 1.54) is 19.2 Å². The number of aryl methyl sites for hydroxylation is 1. The van der Waals surface area contributed by atoms with Gasteiger partial charge in [-0.25, -0.2) is 8.78 Å². The summed E-state index contributed by atoms with van der Waals surface area (Å²) in [6.45, 7) is 1.68. The Morgan fingerprint density at radius 1 is 1.29 bits per heavy atom. The SMILES string of the molecule is COc1ccc(C)cc1C(Br)C(F)(F)C(F)F. The van der Waals surface area contributed by atoms with Crippen LogP contribution in [0.1, 0.15) is 16.0 Å². The Morgan fingerprint density at radius 3 is 2.35 bits per heavy atom. The standard InChI is InChI=1S/C11H11BrF4O/c1-6-3-4-8(17-2)7(5-6)9(12)11(15,16)10(13)14/h3-5,9-10H,1-2H3. The minimum Gasteiger partial charge on any atom is -0.496 e. The number of ether oxygens (including phenoxy) is 1. The van der Waals surface area contributed by atoms with E-state index >= 15 is 0 Å². The van der Waals surface area contributed by atoms with Crippen LogP contribution in [0.3, 0.4) is 0 Å². The van der Waals surface area contributed by atoms with Crippen LogP contribution in [0.15, 0.2) is 18.2 Å². The average Bonchev–Trinajstić information content (AvgIpc) is 2.27. The van der Waals surface area contributed by atoms with E-state index < -0.39 is 17.2 Å². The Balaban J connectivity index is 3.19. The van der Waals surface area contributed by atoms with Crippen molar-refractivity contribution in [3.63, 3.8) is 0 Å². The van der Waals surface area contributed by atoms with Gasteiger partial charge in [-0.3, -0.25) is 0 Å². The van der Waals surface area contributed by atoms with Gasteiger partial charge >= 0.3 is 12.3 Å². The van der Waals surface area contributed by atoms with Crippen LogP contribution in [0.5, 0.6) is 5.75 Å². The molecule has 0 aliphatic carbocycles. The van der Waals surface area contributed by atoms with Gasteiger partial charge in [0.05, 0.1) is 7.11 Å². The Labute approximate surface area is 105 Å². The number of methoxy groups -OCH3 is 1. The lowest BCUT2D eigenvalue weighted by Gasteiger charge is -2.23. The van der Waals surface area contributed by atoms with E-state index in [4.69, 9.17) is 4.74 Å². The second-order valence-electron chi connectivity index (χ2n) is 3.58. The monoisotopic (exact) mass is 314 g/mol.